The van der Waals surface area contributed by atoms with Gasteiger partial charge in [-0.25, -0.2) is 9.50 Å². The van der Waals surface area contributed by atoms with E-state index < -0.39 is 0 Å². The first-order valence-corrected chi connectivity index (χ1v) is 10.5. The number of rotatable bonds is 3. The molecule has 0 spiro atoms. The average molecular weight is 393 g/mol. The Kier molecular flexibility index (Phi) is 4.49. The van der Waals surface area contributed by atoms with Crippen LogP contribution in [0.5, 0.6) is 0 Å². The van der Waals surface area contributed by atoms with Crippen LogP contribution in [0.25, 0.3) is 5.65 Å². The van der Waals surface area contributed by atoms with E-state index in [9.17, 15) is 4.79 Å². The van der Waals surface area contributed by atoms with Crippen molar-refractivity contribution in [3.8, 4) is 0 Å². The van der Waals surface area contributed by atoms with Crippen molar-refractivity contribution in [2.45, 2.75) is 52.0 Å². The number of carbonyl (C=O) groups excluding carboxylic acids is 1. The van der Waals surface area contributed by atoms with Crippen LogP contribution in [-0.4, -0.2) is 55.2 Å². The molecule has 3 aromatic heterocycles. The number of likely N-dealkylation sites (tertiary alicyclic amines) is 1. The van der Waals surface area contributed by atoms with Crippen LogP contribution in [0.2, 0.25) is 0 Å². The van der Waals surface area contributed by atoms with Crippen LogP contribution in [0, 0.1) is 13.8 Å². The van der Waals surface area contributed by atoms with Crippen LogP contribution >= 0.6 is 0 Å². The molecule has 0 aliphatic carbocycles. The Morgan fingerprint density at radius 2 is 1.90 bits per heavy atom. The second-order valence-electron chi connectivity index (χ2n) is 8.26. The monoisotopic (exact) mass is 393 g/mol. The van der Waals surface area contributed by atoms with Gasteiger partial charge in [0.15, 0.2) is 5.65 Å². The van der Waals surface area contributed by atoms with Gasteiger partial charge in [0.25, 0.3) is 5.91 Å². The molecule has 29 heavy (non-hydrogen) atoms. The highest BCUT2D eigenvalue weighted by molar-refractivity contribution is 5.92. The summed E-state index contributed by atoms with van der Waals surface area (Å²) in [7, 11) is 0. The van der Waals surface area contributed by atoms with E-state index in [0.717, 1.165) is 67.3 Å². The van der Waals surface area contributed by atoms with Gasteiger partial charge >= 0.3 is 0 Å². The van der Waals surface area contributed by atoms with Gasteiger partial charge in [-0.2, -0.15) is 10.2 Å². The third-order valence-electron chi connectivity index (χ3n) is 6.06. The number of amides is 1. The topological polar surface area (TPSA) is 82.4 Å². The highest BCUT2D eigenvalue weighted by atomic mass is 16.2. The van der Waals surface area contributed by atoms with Gasteiger partial charge in [-0.05, 0) is 52.0 Å². The third-order valence-corrected chi connectivity index (χ3v) is 6.06. The number of carbonyl (C=O) groups is 1. The van der Waals surface area contributed by atoms with Gasteiger partial charge in [0.2, 0.25) is 0 Å². The molecular weight excluding hydrogens is 366 g/mol. The summed E-state index contributed by atoms with van der Waals surface area (Å²) in [5.41, 5.74) is 4.27. The number of fused-ring (bicyclic) bond motifs is 1. The summed E-state index contributed by atoms with van der Waals surface area (Å²) in [5, 5.41) is 11.9. The molecule has 0 radical (unpaired) electrons. The molecule has 0 saturated carbocycles. The molecule has 2 fully saturated rings. The number of aromatic amines is 1. The maximum atomic E-state index is 13.1. The fourth-order valence-corrected chi connectivity index (χ4v) is 4.59. The first-order valence-electron chi connectivity index (χ1n) is 10.5. The fourth-order valence-electron chi connectivity index (χ4n) is 4.59. The summed E-state index contributed by atoms with van der Waals surface area (Å²) < 4.78 is 1.86. The Hall–Kier alpha value is -2.90. The first kappa shape index (κ1) is 18.1. The molecule has 5 heterocycles. The van der Waals surface area contributed by atoms with Gasteiger partial charge in [0.05, 0.1) is 11.7 Å². The molecular formula is C21H27N7O. The molecule has 5 rings (SSSR count). The molecule has 8 nitrogen and oxygen atoms in total. The van der Waals surface area contributed by atoms with E-state index in [4.69, 9.17) is 10.1 Å². The summed E-state index contributed by atoms with van der Waals surface area (Å²) in [6.45, 7) is 6.87. The normalized spacial score (nSPS) is 20.0. The number of H-pyrrole nitrogens is 1. The van der Waals surface area contributed by atoms with Gasteiger partial charge in [-0.3, -0.25) is 9.89 Å². The fraction of sp³-hybridized carbons (Fsp3) is 0.524. The summed E-state index contributed by atoms with van der Waals surface area (Å²) in [5.74, 6) is 1.03. The smallest absolute Gasteiger partial charge is 0.274 e. The molecule has 1 unspecified atom stereocenters. The first-order chi connectivity index (χ1) is 14.1. The standard InChI is InChI=1S/C21H27N7O/c1-14-13-28-19(22-20(14)26-8-5-6-9-26)12-16(25-28)18-7-3-4-10-27(18)21(29)17-11-15(2)23-24-17/h11-13,18H,3-10H2,1-2H3,(H,23,24). The average Bonchev–Trinajstić information content (AvgIpc) is 3.47. The molecule has 0 aromatic carbocycles. The zero-order valence-corrected chi connectivity index (χ0v) is 17.1. The molecule has 0 bridgehead atoms. The molecule has 152 valence electrons. The van der Waals surface area contributed by atoms with Crippen LogP contribution in [0.1, 0.15) is 65.6 Å². The highest BCUT2D eigenvalue weighted by Crippen LogP contribution is 2.32. The number of nitrogens with one attached hydrogen (secondary N) is 1. The number of nitrogens with zero attached hydrogens (tertiary/aromatic N) is 6. The minimum Gasteiger partial charge on any atom is -0.356 e. The van der Waals surface area contributed by atoms with Crippen LogP contribution in [0.4, 0.5) is 5.82 Å². The van der Waals surface area contributed by atoms with Gasteiger partial charge in [-0.1, -0.05) is 0 Å². The predicted octanol–water partition coefficient (Wildman–Crippen LogP) is 3.04. The summed E-state index contributed by atoms with van der Waals surface area (Å²) in [6, 6.07) is 3.82. The lowest BCUT2D eigenvalue weighted by Crippen LogP contribution is -2.38. The molecule has 1 atom stereocenters. The Morgan fingerprint density at radius 1 is 1.10 bits per heavy atom. The lowest BCUT2D eigenvalue weighted by atomic mass is 9.99. The maximum Gasteiger partial charge on any atom is 0.274 e. The molecule has 8 heteroatoms. The van der Waals surface area contributed by atoms with Crippen molar-refractivity contribution in [3.05, 3.63) is 41.0 Å². The summed E-state index contributed by atoms with van der Waals surface area (Å²) >= 11 is 0. The number of anilines is 1. The molecule has 1 amide bonds. The van der Waals surface area contributed by atoms with Crippen LogP contribution in [0.15, 0.2) is 18.3 Å². The van der Waals surface area contributed by atoms with Crippen LogP contribution in [-0.2, 0) is 0 Å². The maximum absolute atomic E-state index is 13.1. The van der Waals surface area contributed by atoms with Crippen molar-refractivity contribution in [2.75, 3.05) is 24.5 Å². The molecule has 2 aliphatic rings. The highest BCUT2D eigenvalue weighted by Gasteiger charge is 2.32. The molecule has 2 aliphatic heterocycles. The van der Waals surface area contributed by atoms with Crippen molar-refractivity contribution in [2.24, 2.45) is 0 Å². The number of hydrogen-bond acceptors (Lipinski definition) is 5. The minimum absolute atomic E-state index is 0.0296. The van der Waals surface area contributed by atoms with Crippen molar-refractivity contribution >= 4 is 17.4 Å². The van der Waals surface area contributed by atoms with E-state index in [2.05, 4.69) is 28.2 Å². The number of hydrogen-bond donors (Lipinski definition) is 1. The summed E-state index contributed by atoms with van der Waals surface area (Å²) in [6.07, 6.45) is 7.52. The van der Waals surface area contributed by atoms with Crippen molar-refractivity contribution in [1.82, 2.24) is 29.7 Å². The SMILES string of the molecule is Cc1cc(C(=O)N2CCCCC2c2cc3nc(N4CCCC4)c(C)cn3n2)n[nH]1. The zero-order valence-electron chi connectivity index (χ0n) is 17.1. The lowest BCUT2D eigenvalue weighted by Gasteiger charge is -2.34. The van der Waals surface area contributed by atoms with Crippen molar-refractivity contribution in [3.63, 3.8) is 0 Å². The Morgan fingerprint density at radius 3 is 2.66 bits per heavy atom. The van der Waals surface area contributed by atoms with Crippen molar-refractivity contribution < 1.29 is 4.79 Å². The van der Waals surface area contributed by atoms with Gasteiger partial charge in [0, 0.05) is 43.2 Å². The Balaban J connectivity index is 1.48. The minimum atomic E-state index is -0.0366. The number of aryl methyl sites for hydroxylation is 2. The van der Waals surface area contributed by atoms with Gasteiger partial charge in [-0.15, -0.1) is 0 Å². The molecule has 3 aromatic rings. The zero-order chi connectivity index (χ0) is 20.0. The number of piperidine rings is 1. The van der Waals surface area contributed by atoms with E-state index in [0.29, 0.717) is 5.69 Å². The molecule has 2 saturated heterocycles. The van der Waals surface area contributed by atoms with E-state index in [1.165, 1.54) is 12.8 Å². The van der Waals surface area contributed by atoms with Gasteiger partial charge < -0.3 is 9.80 Å². The Bertz CT molecular complexity index is 1050. The quantitative estimate of drug-likeness (QED) is 0.740. The van der Waals surface area contributed by atoms with Crippen molar-refractivity contribution in [1.29, 1.82) is 0 Å². The van der Waals surface area contributed by atoms with Crippen LogP contribution < -0.4 is 4.90 Å². The van der Waals surface area contributed by atoms with Crippen LogP contribution in [0.3, 0.4) is 0 Å². The second kappa shape index (κ2) is 7.17. The van der Waals surface area contributed by atoms with E-state index in [-0.39, 0.29) is 11.9 Å². The Labute approximate surface area is 169 Å². The van der Waals surface area contributed by atoms with E-state index >= 15 is 0 Å². The summed E-state index contributed by atoms with van der Waals surface area (Å²) in [4.78, 5) is 22.3. The van der Waals surface area contributed by atoms with E-state index in [1.54, 1.807) is 0 Å². The largest absolute Gasteiger partial charge is 0.356 e. The number of aromatic nitrogens is 5. The van der Waals surface area contributed by atoms with E-state index in [1.807, 2.05) is 28.5 Å². The second-order valence-corrected chi connectivity index (χ2v) is 8.26. The van der Waals surface area contributed by atoms with Gasteiger partial charge in [0.1, 0.15) is 11.5 Å². The predicted molar refractivity (Wildman–Crippen MR) is 110 cm³/mol. The molecule has 1 N–H and O–H groups in total. The lowest BCUT2D eigenvalue weighted by molar-refractivity contribution is 0.0599. The third kappa shape index (κ3) is 3.26.